The van der Waals surface area contributed by atoms with Crippen molar-refractivity contribution in [2.24, 2.45) is 0 Å². The molecular weight excluding hydrogens is 542 g/mol. The van der Waals surface area contributed by atoms with E-state index in [0.29, 0.717) is 37.7 Å². The van der Waals surface area contributed by atoms with E-state index in [9.17, 15) is 17.6 Å². The molecule has 0 atom stereocenters. The highest BCUT2D eigenvalue weighted by atomic mass is 32.2. The lowest BCUT2D eigenvalue weighted by atomic mass is 10.0. The van der Waals surface area contributed by atoms with Crippen LogP contribution in [-0.2, 0) is 14.8 Å². The third kappa shape index (κ3) is 5.41. The minimum Gasteiger partial charge on any atom is -0.368 e. The summed E-state index contributed by atoms with van der Waals surface area (Å²) in [6, 6.07) is 6.10. The van der Waals surface area contributed by atoms with Gasteiger partial charge in [-0.05, 0) is 38.1 Å². The SMILES string of the molecule is CC(C)N1C(=O)CN(C)c2c(F)cc(-c3nc(Nc4ccc(N5CCN(S(C)(=O)=O)CC5)cn4)ncc3F)cc21. The van der Waals surface area contributed by atoms with E-state index in [1.165, 1.54) is 21.5 Å². The van der Waals surface area contributed by atoms with Gasteiger partial charge in [0.2, 0.25) is 21.9 Å². The van der Waals surface area contributed by atoms with Gasteiger partial charge < -0.3 is 20.0 Å². The number of nitrogens with zero attached hydrogens (tertiary/aromatic N) is 7. The number of benzene rings is 1. The van der Waals surface area contributed by atoms with Gasteiger partial charge in [-0.1, -0.05) is 0 Å². The predicted octanol–water partition coefficient (Wildman–Crippen LogP) is 2.83. The summed E-state index contributed by atoms with van der Waals surface area (Å²) in [5.41, 5.74) is 1.50. The molecule has 0 radical (unpaired) electrons. The van der Waals surface area contributed by atoms with Gasteiger partial charge >= 0.3 is 0 Å². The molecule has 4 heterocycles. The second kappa shape index (κ2) is 10.6. The fourth-order valence-electron chi connectivity index (χ4n) is 5.01. The van der Waals surface area contributed by atoms with Gasteiger partial charge in [0.1, 0.15) is 17.3 Å². The molecule has 2 aliphatic heterocycles. The number of carbonyl (C=O) groups excluding carboxylic acids is 1. The fourth-order valence-corrected chi connectivity index (χ4v) is 5.84. The molecule has 0 unspecified atom stereocenters. The van der Waals surface area contributed by atoms with Gasteiger partial charge in [0.25, 0.3) is 0 Å². The molecule has 2 aliphatic rings. The van der Waals surface area contributed by atoms with Crippen LogP contribution in [0.4, 0.5) is 37.6 Å². The standard InChI is InChI=1S/C26H30F2N8O3S/c1-16(2)36-21-12-17(11-19(27)25(21)33(3)15-23(36)37)24-20(28)14-30-26(32-24)31-22-6-5-18(13-29-22)34-7-9-35(10-8-34)40(4,38)39/h5-6,11-14,16H,7-10,15H2,1-4H3,(H,29,30,31,32). The zero-order chi connectivity index (χ0) is 28.8. The number of likely N-dealkylation sites (N-methyl/N-ethyl adjacent to an activating group) is 1. The van der Waals surface area contributed by atoms with E-state index in [0.717, 1.165) is 11.9 Å². The third-order valence-corrected chi connectivity index (χ3v) is 8.22. The van der Waals surface area contributed by atoms with Crippen molar-refractivity contribution in [3.63, 3.8) is 0 Å². The molecule has 0 spiro atoms. The number of carbonyl (C=O) groups is 1. The number of anilines is 5. The zero-order valence-electron chi connectivity index (χ0n) is 22.6. The molecule has 5 rings (SSSR count). The Bertz CT molecular complexity index is 1540. The molecule has 3 aromatic rings. The number of rotatable bonds is 6. The Morgan fingerprint density at radius 3 is 2.35 bits per heavy atom. The Balaban J connectivity index is 1.37. The molecule has 14 heteroatoms. The highest BCUT2D eigenvalue weighted by molar-refractivity contribution is 7.88. The Labute approximate surface area is 231 Å². The van der Waals surface area contributed by atoms with Crippen LogP contribution in [0.3, 0.4) is 0 Å². The molecule has 212 valence electrons. The smallest absolute Gasteiger partial charge is 0.246 e. The monoisotopic (exact) mass is 572 g/mol. The van der Waals surface area contributed by atoms with Crippen LogP contribution in [0, 0.1) is 11.6 Å². The van der Waals surface area contributed by atoms with Gasteiger partial charge in [0, 0.05) is 44.8 Å². The van der Waals surface area contributed by atoms with Crippen molar-refractivity contribution >= 4 is 44.8 Å². The van der Waals surface area contributed by atoms with Gasteiger partial charge in [-0.15, -0.1) is 0 Å². The minimum atomic E-state index is -3.22. The summed E-state index contributed by atoms with van der Waals surface area (Å²) < 4.78 is 55.1. The maximum Gasteiger partial charge on any atom is 0.246 e. The Morgan fingerprint density at radius 2 is 1.73 bits per heavy atom. The number of fused-ring (bicyclic) bond motifs is 1. The lowest BCUT2D eigenvalue weighted by Crippen LogP contribution is -2.48. The van der Waals surface area contributed by atoms with E-state index in [1.54, 1.807) is 30.3 Å². The average molecular weight is 573 g/mol. The average Bonchev–Trinajstić information content (AvgIpc) is 2.89. The summed E-state index contributed by atoms with van der Waals surface area (Å²) in [6.07, 6.45) is 3.85. The first-order chi connectivity index (χ1) is 18.9. The number of halogens is 2. The molecule has 1 amide bonds. The largest absolute Gasteiger partial charge is 0.368 e. The third-order valence-electron chi connectivity index (χ3n) is 6.92. The zero-order valence-corrected chi connectivity index (χ0v) is 23.4. The van der Waals surface area contributed by atoms with E-state index in [-0.39, 0.29) is 41.4 Å². The van der Waals surface area contributed by atoms with E-state index in [1.807, 2.05) is 24.8 Å². The maximum absolute atomic E-state index is 15.3. The van der Waals surface area contributed by atoms with Crippen molar-refractivity contribution in [3.05, 3.63) is 48.3 Å². The number of hydrogen-bond donors (Lipinski definition) is 1. The highest BCUT2D eigenvalue weighted by Crippen LogP contribution is 2.40. The number of nitrogens with one attached hydrogen (secondary N) is 1. The molecule has 11 nitrogen and oxygen atoms in total. The number of sulfonamides is 1. The van der Waals surface area contributed by atoms with Crippen molar-refractivity contribution in [1.82, 2.24) is 19.3 Å². The summed E-state index contributed by atoms with van der Waals surface area (Å²) in [7, 11) is -1.58. The Hall–Kier alpha value is -3.91. The molecule has 40 heavy (non-hydrogen) atoms. The van der Waals surface area contributed by atoms with Crippen LogP contribution in [-0.4, -0.2) is 85.7 Å². The molecule has 0 saturated carbocycles. The van der Waals surface area contributed by atoms with Crippen LogP contribution in [0.1, 0.15) is 13.8 Å². The summed E-state index contributed by atoms with van der Waals surface area (Å²) in [5, 5.41) is 2.94. The normalized spacial score (nSPS) is 16.5. The summed E-state index contributed by atoms with van der Waals surface area (Å²) in [5.74, 6) is -1.04. The Morgan fingerprint density at radius 1 is 1.00 bits per heavy atom. The van der Waals surface area contributed by atoms with Crippen LogP contribution in [0.2, 0.25) is 0 Å². The fraction of sp³-hybridized carbons (Fsp3) is 0.385. The van der Waals surface area contributed by atoms with Crippen molar-refractivity contribution in [2.75, 3.05) is 66.0 Å². The number of piperazine rings is 1. The number of pyridine rings is 1. The van der Waals surface area contributed by atoms with E-state index >= 15 is 4.39 Å². The molecule has 1 N–H and O–H groups in total. The maximum atomic E-state index is 15.3. The van der Waals surface area contributed by atoms with Crippen LogP contribution in [0.5, 0.6) is 0 Å². The second-order valence-electron chi connectivity index (χ2n) is 10.1. The van der Waals surface area contributed by atoms with Crippen LogP contribution in [0.25, 0.3) is 11.3 Å². The number of amides is 1. The molecular formula is C26H30F2N8O3S. The van der Waals surface area contributed by atoms with Crippen molar-refractivity contribution < 1.29 is 22.0 Å². The summed E-state index contributed by atoms with van der Waals surface area (Å²) >= 11 is 0. The Kier molecular flexibility index (Phi) is 7.31. The van der Waals surface area contributed by atoms with Crippen molar-refractivity contribution in [2.45, 2.75) is 19.9 Å². The van der Waals surface area contributed by atoms with E-state index in [2.05, 4.69) is 20.3 Å². The molecule has 0 bridgehead atoms. The first kappa shape index (κ1) is 27.6. The van der Waals surface area contributed by atoms with E-state index < -0.39 is 21.7 Å². The van der Waals surface area contributed by atoms with Gasteiger partial charge in [-0.3, -0.25) is 4.79 Å². The van der Waals surface area contributed by atoms with Gasteiger partial charge in [0.05, 0.1) is 42.3 Å². The van der Waals surface area contributed by atoms with Gasteiger partial charge in [-0.2, -0.15) is 4.31 Å². The number of aromatic nitrogens is 3. The predicted molar refractivity (Wildman–Crippen MR) is 149 cm³/mol. The molecule has 1 fully saturated rings. The minimum absolute atomic E-state index is 0.0417. The topological polar surface area (TPSA) is 115 Å². The lowest BCUT2D eigenvalue weighted by Gasteiger charge is -2.38. The lowest BCUT2D eigenvalue weighted by molar-refractivity contribution is -0.117. The molecule has 0 aliphatic carbocycles. The molecule has 1 aromatic carbocycles. The second-order valence-corrected chi connectivity index (χ2v) is 12.1. The molecule has 2 aromatic heterocycles. The highest BCUT2D eigenvalue weighted by Gasteiger charge is 2.32. The van der Waals surface area contributed by atoms with Gasteiger partial charge in [0.15, 0.2) is 5.82 Å². The first-order valence-electron chi connectivity index (χ1n) is 12.7. The quantitative estimate of drug-likeness (QED) is 0.476. The van der Waals surface area contributed by atoms with Crippen LogP contribution >= 0.6 is 0 Å². The van der Waals surface area contributed by atoms with Crippen molar-refractivity contribution in [1.29, 1.82) is 0 Å². The van der Waals surface area contributed by atoms with Gasteiger partial charge in [-0.25, -0.2) is 32.2 Å². The van der Waals surface area contributed by atoms with Crippen molar-refractivity contribution in [3.8, 4) is 11.3 Å². The van der Waals surface area contributed by atoms with E-state index in [4.69, 9.17) is 0 Å². The summed E-state index contributed by atoms with van der Waals surface area (Å²) in [4.78, 5) is 30.5. The summed E-state index contributed by atoms with van der Waals surface area (Å²) in [6.45, 7) is 5.58. The first-order valence-corrected chi connectivity index (χ1v) is 14.6. The van der Waals surface area contributed by atoms with Crippen LogP contribution < -0.4 is 20.0 Å². The molecule has 1 saturated heterocycles. The van der Waals surface area contributed by atoms with Crippen LogP contribution in [0.15, 0.2) is 36.7 Å². The number of hydrogen-bond acceptors (Lipinski definition) is 9.